The average molecular weight is 185 g/mol. The minimum Gasteiger partial charge on any atom is -0.468 e. The van der Waals surface area contributed by atoms with Gasteiger partial charge in [0.2, 0.25) is 0 Å². The predicted molar refractivity (Wildman–Crippen MR) is 51.4 cm³/mol. The van der Waals surface area contributed by atoms with Gasteiger partial charge in [-0.2, -0.15) is 0 Å². The molecule has 76 valence electrons. The first kappa shape index (κ1) is 10.5. The molecule has 0 amide bonds. The van der Waals surface area contributed by atoms with Crippen molar-refractivity contribution in [2.24, 2.45) is 5.41 Å². The van der Waals surface area contributed by atoms with E-state index >= 15 is 0 Å². The van der Waals surface area contributed by atoms with E-state index in [1.54, 1.807) is 0 Å². The van der Waals surface area contributed by atoms with Crippen molar-refractivity contribution >= 4 is 5.97 Å². The van der Waals surface area contributed by atoms with Crippen LogP contribution in [0, 0.1) is 5.41 Å². The highest BCUT2D eigenvalue weighted by Crippen LogP contribution is 2.28. The number of methoxy groups -OCH3 is 1. The maximum absolute atomic E-state index is 11.2. The molecule has 0 spiro atoms. The first-order valence-corrected chi connectivity index (χ1v) is 4.79. The fourth-order valence-corrected chi connectivity index (χ4v) is 1.75. The second kappa shape index (κ2) is 3.66. The predicted octanol–water partition coefficient (Wildman–Crippen LogP) is 1.33. The summed E-state index contributed by atoms with van der Waals surface area (Å²) >= 11 is 0. The van der Waals surface area contributed by atoms with Gasteiger partial charge in [-0.3, -0.25) is 4.79 Å². The van der Waals surface area contributed by atoms with Crippen LogP contribution in [0.15, 0.2) is 0 Å². The maximum atomic E-state index is 11.2. The molecule has 1 saturated heterocycles. The molecule has 1 aliphatic rings. The van der Waals surface area contributed by atoms with Crippen molar-refractivity contribution in [1.82, 2.24) is 5.32 Å². The zero-order valence-electron chi connectivity index (χ0n) is 8.89. The van der Waals surface area contributed by atoms with Crippen LogP contribution in [0.2, 0.25) is 0 Å². The van der Waals surface area contributed by atoms with Crippen LogP contribution in [0.4, 0.5) is 0 Å². The average Bonchev–Trinajstić information content (AvgIpc) is 2.50. The first-order chi connectivity index (χ1) is 5.95. The summed E-state index contributed by atoms with van der Waals surface area (Å²) in [6.07, 6.45) is 1.96. The Bertz CT molecular complexity index is 196. The second-order valence-corrected chi connectivity index (χ2v) is 4.74. The van der Waals surface area contributed by atoms with Crippen molar-refractivity contribution in [2.75, 3.05) is 7.11 Å². The molecule has 1 heterocycles. The number of esters is 1. The Morgan fingerprint density at radius 1 is 1.38 bits per heavy atom. The Morgan fingerprint density at radius 2 is 2.00 bits per heavy atom. The Hall–Kier alpha value is -0.570. The molecule has 1 aliphatic heterocycles. The van der Waals surface area contributed by atoms with Gasteiger partial charge in [0.05, 0.1) is 7.11 Å². The third-order valence-corrected chi connectivity index (χ3v) is 2.68. The molecule has 0 aromatic carbocycles. The molecule has 0 radical (unpaired) electrons. The smallest absolute Gasteiger partial charge is 0.322 e. The van der Waals surface area contributed by atoms with Crippen LogP contribution < -0.4 is 5.32 Å². The minimum absolute atomic E-state index is 0.0887. The van der Waals surface area contributed by atoms with Gasteiger partial charge in [0.25, 0.3) is 0 Å². The van der Waals surface area contributed by atoms with Gasteiger partial charge in [-0.05, 0) is 18.3 Å². The summed E-state index contributed by atoms with van der Waals surface area (Å²) in [4.78, 5) is 11.2. The molecule has 0 aromatic rings. The zero-order valence-corrected chi connectivity index (χ0v) is 8.89. The lowest BCUT2D eigenvalue weighted by Crippen LogP contribution is -2.42. The number of rotatable bonds is 1. The van der Waals surface area contributed by atoms with Crippen molar-refractivity contribution in [2.45, 2.75) is 45.7 Å². The highest BCUT2D eigenvalue weighted by atomic mass is 16.5. The van der Waals surface area contributed by atoms with Crippen LogP contribution in [0.1, 0.15) is 33.6 Å². The van der Waals surface area contributed by atoms with Crippen molar-refractivity contribution in [3.8, 4) is 0 Å². The number of carbonyl (C=O) groups excluding carboxylic acids is 1. The lowest BCUT2D eigenvalue weighted by molar-refractivity contribution is -0.142. The highest BCUT2D eigenvalue weighted by molar-refractivity contribution is 5.76. The third kappa shape index (κ3) is 2.44. The van der Waals surface area contributed by atoms with E-state index in [2.05, 4.69) is 26.1 Å². The normalized spacial score (nSPS) is 28.9. The van der Waals surface area contributed by atoms with Gasteiger partial charge in [0.1, 0.15) is 6.04 Å². The van der Waals surface area contributed by atoms with Gasteiger partial charge in [-0.25, -0.2) is 0 Å². The summed E-state index contributed by atoms with van der Waals surface area (Å²) in [6.45, 7) is 6.55. The summed E-state index contributed by atoms with van der Waals surface area (Å²) in [5.74, 6) is -0.133. The lowest BCUT2D eigenvalue weighted by atomic mass is 9.86. The molecule has 2 atom stereocenters. The highest BCUT2D eigenvalue weighted by Gasteiger charge is 2.35. The molecular weight excluding hydrogens is 166 g/mol. The third-order valence-electron chi connectivity index (χ3n) is 2.68. The van der Waals surface area contributed by atoms with Gasteiger partial charge >= 0.3 is 5.97 Å². The number of nitrogens with one attached hydrogen (secondary N) is 1. The summed E-state index contributed by atoms with van der Waals surface area (Å²) in [5.41, 5.74) is 0.225. The topological polar surface area (TPSA) is 38.3 Å². The summed E-state index contributed by atoms with van der Waals surface area (Å²) in [6, 6.07) is 0.339. The Morgan fingerprint density at radius 3 is 2.38 bits per heavy atom. The van der Waals surface area contributed by atoms with E-state index in [9.17, 15) is 4.79 Å². The standard InChI is InChI=1S/C10H19NO2/c1-10(2,3)8-6-5-7(11-8)9(12)13-4/h7-8,11H,5-6H2,1-4H3/t7-,8+/m1/s1. The molecule has 0 unspecified atom stereocenters. The number of hydrogen-bond acceptors (Lipinski definition) is 3. The Labute approximate surface area is 79.8 Å². The molecule has 13 heavy (non-hydrogen) atoms. The molecule has 1 fully saturated rings. The van der Waals surface area contributed by atoms with E-state index in [0.29, 0.717) is 6.04 Å². The number of ether oxygens (including phenoxy) is 1. The number of carbonyl (C=O) groups is 1. The molecule has 0 saturated carbocycles. The van der Waals surface area contributed by atoms with E-state index in [1.165, 1.54) is 7.11 Å². The van der Waals surface area contributed by atoms with Crippen molar-refractivity contribution in [3.05, 3.63) is 0 Å². The summed E-state index contributed by atoms with van der Waals surface area (Å²) in [5, 5.41) is 3.31. The van der Waals surface area contributed by atoms with E-state index < -0.39 is 0 Å². The van der Waals surface area contributed by atoms with Gasteiger partial charge < -0.3 is 10.1 Å². The fourth-order valence-electron chi connectivity index (χ4n) is 1.75. The molecule has 3 nitrogen and oxygen atoms in total. The van der Waals surface area contributed by atoms with Gasteiger partial charge in [-0.15, -0.1) is 0 Å². The molecule has 0 aromatic heterocycles. The Kier molecular flexibility index (Phi) is 2.96. The van der Waals surface area contributed by atoms with Gasteiger partial charge in [0.15, 0.2) is 0 Å². The van der Waals surface area contributed by atoms with E-state index in [-0.39, 0.29) is 17.4 Å². The molecule has 3 heteroatoms. The minimum atomic E-state index is -0.133. The second-order valence-electron chi connectivity index (χ2n) is 4.74. The quantitative estimate of drug-likeness (QED) is 0.626. The first-order valence-electron chi connectivity index (χ1n) is 4.79. The van der Waals surface area contributed by atoms with Crippen LogP contribution in [0.5, 0.6) is 0 Å². The maximum Gasteiger partial charge on any atom is 0.322 e. The Balaban J connectivity index is 2.50. The van der Waals surface area contributed by atoms with Crippen LogP contribution in [0.25, 0.3) is 0 Å². The van der Waals surface area contributed by atoms with Crippen LogP contribution in [-0.4, -0.2) is 25.2 Å². The largest absolute Gasteiger partial charge is 0.468 e. The molecule has 1 rings (SSSR count). The summed E-state index contributed by atoms with van der Waals surface area (Å²) in [7, 11) is 1.44. The van der Waals surface area contributed by atoms with Crippen LogP contribution in [-0.2, 0) is 9.53 Å². The van der Waals surface area contributed by atoms with Gasteiger partial charge in [-0.1, -0.05) is 20.8 Å². The molecule has 0 bridgehead atoms. The lowest BCUT2D eigenvalue weighted by Gasteiger charge is -2.27. The molecule has 1 N–H and O–H groups in total. The monoisotopic (exact) mass is 185 g/mol. The van der Waals surface area contributed by atoms with Crippen molar-refractivity contribution < 1.29 is 9.53 Å². The van der Waals surface area contributed by atoms with Gasteiger partial charge in [0, 0.05) is 6.04 Å². The molecule has 0 aliphatic carbocycles. The van der Waals surface area contributed by atoms with Crippen molar-refractivity contribution in [3.63, 3.8) is 0 Å². The van der Waals surface area contributed by atoms with E-state index in [1.807, 2.05) is 0 Å². The number of hydrogen-bond donors (Lipinski definition) is 1. The van der Waals surface area contributed by atoms with Crippen LogP contribution >= 0.6 is 0 Å². The summed E-state index contributed by atoms with van der Waals surface area (Å²) < 4.78 is 4.69. The SMILES string of the molecule is COC(=O)[C@H]1CC[C@@H](C(C)(C)C)N1. The fraction of sp³-hybridized carbons (Fsp3) is 0.900. The zero-order chi connectivity index (χ0) is 10.1. The molecular formula is C10H19NO2. The van der Waals surface area contributed by atoms with E-state index in [0.717, 1.165) is 12.8 Å². The van der Waals surface area contributed by atoms with E-state index in [4.69, 9.17) is 4.74 Å². The van der Waals surface area contributed by atoms with Crippen molar-refractivity contribution in [1.29, 1.82) is 0 Å². The van der Waals surface area contributed by atoms with Crippen LogP contribution in [0.3, 0.4) is 0 Å².